The number of nitrogens with one attached hydrogen (secondary N) is 1. The minimum atomic E-state index is -0.238. The largest absolute Gasteiger partial charge is 0.445 e. The Labute approximate surface area is 175 Å². The summed E-state index contributed by atoms with van der Waals surface area (Å²) in [6.07, 6.45) is 5.71. The Morgan fingerprint density at radius 1 is 1.10 bits per heavy atom. The molecule has 2 saturated heterocycles. The Bertz CT molecular complexity index is 992. The van der Waals surface area contributed by atoms with E-state index in [9.17, 15) is 4.79 Å². The lowest BCUT2D eigenvalue weighted by Gasteiger charge is -2.42. The second-order valence-electron chi connectivity index (χ2n) is 8.00. The molecule has 1 N–H and O–H groups in total. The Morgan fingerprint density at radius 2 is 1.90 bits per heavy atom. The van der Waals surface area contributed by atoms with Gasteiger partial charge in [0.15, 0.2) is 0 Å². The predicted molar refractivity (Wildman–Crippen MR) is 114 cm³/mol. The molecular weight excluding hydrogens is 380 g/mol. The lowest BCUT2D eigenvalue weighted by atomic mass is 10.1. The minimum absolute atomic E-state index is 0.204. The van der Waals surface area contributed by atoms with Gasteiger partial charge in [0, 0.05) is 37.8 Å². The van der Waals surface area contributed by atoms with Crippen molar-refractivity contribution < 1.29 is 14.3 Å². The molecule has 0 unspecified atom stereocenters. The number of carbonyl (C=O) groups is 1. The number of aromatic nitrogens is 2. The number of fused-ring (bicyclic) bond motifs is 1. The van der Waals surface area contributed by atoms with Gasteiger partial charge in [0.25, 0.3) is 0 Å². The molecule has 2 aromatic heterocycles. The molecule has 7 heteroatoms. The number of piperidine rings is 1. The summed E-state index contributed by atoms with van der Waals surface area (Å²) in [6.45, 7) is 3.40. The van der Waals surface area contributed by atoms with Crippen LogP contribution in [0.2, 0.25) is 0 Å². The highest BCUT2D eigenvalue weighted by atomic mass is 16.6. The second-order valence-corrected chi connectivity index (χ2v) is 8.00. The number of ether oxygens (including phenoxy) is 2. The van der Waals surface area contributed by atoms with Gasteiger partial charge in [0.1, 0.15) is 12.4 Å². The number of rotatable bonds is 5. The molecule has 2 aliphatic heterocycles. The van der Waals surface area contributed by atoms with Crippen molar-refractivity contribution in [2.75, 3.05) is 31.1 Å². The van der Waals surface area contributed by atoms with Crippen LogP contribution >= 0.6 is 0 Å². The maximum Gasteiger partial charge on any atom is 0.410 e. The zero-order valence-electron chi connectivity index (χ0n) is 16.9. The third kappa shape index (κ3) is 4.11. The number of pyridine rings is 1. The van der Waals surface area contributed by atoms with Crippen LogP contribution in [0.5, 0.6) is 0 Å². The van der Waals surface area contributed by atoms with Crippen LogP contribution in [-0.4, -0.2) is 59.3 Å². The van der Waals surface area contributed by atoms with Crippen molar-refractivity contribution in [1.29, 1.82) is 0 Å². The van der Waals surface area contributed by atoms with Crippen LogP contribution in [0.15, 0.2) is 54.9 Å². The van der Waals surface area contributed by atoms with Crippen molar-refractivity contribution in [2.45, 2.75) is 31.7 Å². The van der Waals surface area contributed by atoms with Crippen LogP contribution in [0.25, 0.3) is 10.9 Å². The van der Waals surface area contributed by atoms with Crippen LogP contribution < -0.4 is 4.90 Å². The molecule has 1 amide bonds. The number of benzene rings is 1. The smallest absolute Gasteiger partial charge is 0.410 e. The van der Waals surface area contributed by atoms with Crippen LogP contribution in [-0.2, 0) is 16.1 Å². The summed E-state index contributed by atoms with van der Waals surface area (Å²) >= 11 is 0. The third-order valence-electron chi connectivity index (χ3n) is 5.89. The molecule has 156 valence electrons. The highest BCUT2D eigenvalue weighted by Crippen LogP contribution is 2.26. The standard InChI is InChI=1S/C23H26N4O3/c28-23(29-16-17-4-2-1-3-5-17)26-10-7-19(8-11-26)30-20-14-27(15-20)22-12-18-6-9-24-21(18)13-25-22/h1-6,9,12-13,19-20,24H,7-8,10-11,14-16H2. The average Bonchev–Trinajstić information content (AvgIpc) is 3.23. The SMILES string of the molecule is O=C(OCc1ccccc1)N1CCC(OC2CN(c3cc4cc[nH]c4cn3)C2)CC1. The molecule has 0 bridgehead atoms. The molecule has 2 aliphatic rings. The summed E-state index contributed by atoms with van der Waals surface area (Å²) in [5.74, 6) is 0.998. The van der Waals surface area contributed by atoms with Crippen molar-refractivity contribution in [3.05, 3.63) is 60.4 Å². The number of hydrogen-bond donors (Lipinski definition) is 1. The number of carbonyl (C=O) groups excluding carboxylic acids is 1. The van der Waals surface area contributed by atoms with Gasteiger partial charge in [-0.3, -0.25) is 0 Å². The molecule has 5 rings (SSSR count). The molecule has 0 atom stereocenters. The molecule has 2 fully saturated rings. The number of aromatic amines is 1. The van der Waals surface area contributed by atoms with Gasteiger partial charge in [-0.15, -0.1) is 0 Å². The van der Waals surface area contributed by atoms with Crippen LogP contribution in [0, 0.1) is 0 Å². The molecular formula is C23H26N4O3. The van der Waals surface area contributed by atoms with Crippen molar-refractivity contribution in [3.63, 3.8) is 0 Å². The fraction of sp³-hybridized carbons (Fsp3) is 0.391. The predicted octanol–water partition coefficient (Wildman–Crippen LogP) is 3.57. The second kappa shape index (κ2) is 8.36. The topological polar surface area (TPSA) is 70.7 Å². The molecule has 4 heterocycles. The zero-order chi connectivity index (χ0) is 20.3. The third-order valence-corrected chi connectivity index (χ3v) is 5.89. The van der Waals surface area contributed by atoms with Crippen LogP contribution in [0.3, 0.4) is 0 Å². The van der Waals surface area contributed by atoms with Crippen molar-refractivity contribution in [3.8, 4) is 0 Å². The quantitative estimate of drug-likeness (QED) is 0.701. The lowest BCUT2D eigenvalue weighted by molar-refractivity contribution is -0.0517. The van der Waals surface area contributed by atoms with E-state index < -0.39 is 0 Å². The number of anilines is 1. The number of likely N-dealkylation sites (tertiary alicyclic amines) is 1. The van der Waals surface area contributed by atoms with Crippen LogP contribution in [0.4, 0.5) is 10.6 Å². The molecule has 3 aromatic rings. The minimum Gasteiger partial charge on any atom is -0.445 e. The summed E-state index contributed by atoms with van der Waals surface area (Å²) in [5, 5.41) is 1.18. The maximum atomic E-state index is 12.3. The monoisotopic (exact) mass is 406 g/mol. The van der Waals surface area contributed by atoms with E-state index in [1.165, 1.54) is 5.39 Å². The number of hydrogen-bond acceptors (Lipinski definition) is 5. The fourth-order valence-corrected chi connectivity index (χ4v) is 4.08. The Kier molecular flexibility index (Phi) is 5.27. The van der Waals surface area contributed by atoms with Gasteiger partial charge < -0.3 is 24.3 Å². The first-order chi connectivity index (χ1) is 14.7. The van der Waals surface area contributed by atoms with Gasteiger partial charge in [-0.25, -0.2) is 9.78 Å². The summed E-state index contributed by atoms with van der Waals surface area (Å²) in [7, 11) is 0. The summed E-state index contributed by atoms with van der Waals surface area (Å²) in [4.78, 5) is 24.0. The highest BCUT2D eigenvalue weighted by Gasteiger charge is 2.33. The molecule has 7 nitrogen and oxygen atoms in total. The zero-order valence-corrected chi connectivity index (χ0v) is 16.9. The Morgan fingerprint density at radius 3 is 2.70 bits per heavy atom. The van der Waals surface area contributed by atoms with E-state index in [0.29, 0.717) is 19.7 Å². The van der Waals surface area contributed by atoms with E-state index in [1.807, 2.05) is 42.7 Å². The van der Waals surface area contributed by atoms with Crippen LogP contribution in [0.1, 0.15) is 18.4 Å². The first-order valence-corrected chi connectivity index (χ1v) is 10.5. The Balaban J connectivity index is 1.03. The van der Waals surface area contributed by atoms with E-state index in [1.54, 1.807) is 4.90 Å². The van der Waals surface area contributed by atoms with Gasteiger partial charge in [-0.2, -0.15) is 0 Å². The molecule has 30 heavy (non-hydrogen) atoms. The summed E-state index contributed by atoms with van der Waals surface area (Å²) in [6, 6.07) is 13.9. The van der Waals surface area contributed by atoms with E-state index >= 15 is 0 Å². The highest BCUT2D eigenvalue weighted by molar-refractivity contribution is 5.81. The lowest BCUT2D eigenvalue weighted by Crippen LogP contribution is -2.54. The number of amides is 1. The normalized spacial score (nSPS) is 17.9. The van der Waals surface area contributed by atoms with E-state index in [4.69, 9.17) is 9.47 Å². The Hall–Kier alpha value is -3.06. The van der Waals surface area contributed by atoms with E-state index in [-0.39, 0.29) is 18.3 Å². The molecule has 0 saturated carbocycles. The number of H-pyrrole nitrogens is 1. The maximum absolute atomic E-state index is 12.3. The van der Waals surface area contributed by atoms with Gasteiger partial charge in [-0.1, -0.05) is 30.3 Å². The summed E-state index contributed by atoms with van der Waals surface area (Å²) in [5.41, 5.74) is 2.06. The molecule has 0 spiro atoms. The van der Waals surface area contributed by atoms with Gasteiger partial charge in [-0.05, 0) is 30.5 Å². The first-order valence-electron chi connectivity index (χ1n) is 10.5. The molecule has 1 aromatic carbocycles. The number of nitrogens with zero attached hydrogens (tertiary/aromatic N) is 3. The van der Waals surface area contributed by atoms with E-state index in [2.05, 4.69) is 27.0 Å². The van der Waals surface area contributed by atoms with Gasteiger partial charge in [0.05, 0.1) is 23.9 Å². The fourth-order valence-electron chi connectivity index (χ4n) is 4.08. The van der Waals surface area contributed by atoms with Gasteiger partial charge in [0.2, 0.25) is 0 Å². The van der Waals surface area contributed by atoms with E-state index in [0.717, 1.165) is 42.8 Å². The van der Waals surface area contributed by atoms with Crippen molar-refractivity contribution in [2.24, 2.45) is 0 Å². The van der Waals surface area contributed by atoms with Crippen molar-refractivity contribution in [1.82, 2.24) is 14.9 Å². The van der Waals surface area contributed by atoms with Crippen molar-refractivity contribution >= 4 is 22.8 Å². The summed E-state index contributed by atoms with van der Waals surface area (Å²) < 4.78 is 11.7. The van der Waals surface area contributed by atoms with Gasteiger partial charge >= 0.3 is 6.09 Å². The first kappa shape index (κ1) is 18.9. The molecule has 0 radical (unpaired) electrons. The molecule has 0 aliphatic carbocycles. The average molecular weight is 406 g/mol.